The van der Waals surface area contributed by atoms with Crippen LogP contribution >= 0.6 is 0 Å². The molecule has 506 valence electrons. The largest absolute Gasteiger partial charge is 0.446 e. The minimum atomic E-state index is -0.409. The average Bonchev–Trinajstić information content (AvgIpc) is 1.73. The van der Waals surface area contributed by atoms with Crippen molar-refractivity contribution in [3.8, 4) is 0 Å². The predicted molar refractivity (Wildman–Crippen MR) is 345 cm³/mol. The number of amides is 3. The zero-order chi connectivity index (χ0) is 63.7. The normalized spacial score (nSPS) is 44.8. The SMILES string of the molecule is CC12CCC3C(CCC4CC(OC(=O)NCCN5CCCC5)CCC43C)C1CCC2=O.CC12CCC3C(CCC4CC(OC(=O)NCc5nnco5)CCC43C)C1CCC2=O.CN1CCN(C(=O)OC2CCC3(C)C(CCC4C5CCC(=O)C5(C)CCC43)C2)CC1. The number of alkyl carbamates (subject to hydrolysis) is 2. The molecule has 2 aliphatic heterocycles. The Morgan fingerprint density at radius 2 is 0.923 bits per heavy atom. The van der Waals surface area contributed by atoms with E-state index >= 15 is 0 Å². The highest BCUT2D eigenvalue weighted by atomic mass is 16.6. The summed E-state index contributed by atoms with van der Waals surface area (Å²) < 4.78 is 22.7. The smallest absolute Gasteiger partial charge is 0.410 e. The van der Waals surface area contributed by atoms with Gasteiger partial charge in [-0.2, -0.15) is 0 Å². The van der Waals surface area contributed by atoms with Gasteiger partial charge in [-0.05, 0) is 274 Å². The van der Waals surface area contributed by atoms with E-state index in [4.69, 9.17) is 18.6 Å². The van der Waals surface area contributed by atoms with Crippen LogP contribution in [0.15, 0.2) is 10.8 Å². The van der Waals surface area contributed by atoms with Crippen molar-refractivity contribution in [3.63, 3.8) is 0 Å². The van der Waals surface area contributed by atoms with Crippen LogP contribution in [0, 0.1) is 104 Å². The van der Waals surface area contributed by atoms with E-state index < -0.39 is 6.09 Å². The molecule has 2 N–H and O–H groups in total. The van der Waals surface area contributed by atoms with Crippen molar-refractivity contribution in [1.29, 1.82) is 0 Å². The molecule has 0 bridgehead atoms. The second-order valence-electron chi connectivity index (χ2n) is 34.1. The number of piperazine rings is 1. The number of ether oxygens (including phenoxy) is 3. The molecule has 14 aliphatic rings. The Balaban J connectivity index is 0.000000125. The summed E-state index contributed by atoms with van der Waals surface area (Å²) in [7, 11) is 2.11. The number of fused-ring (bicyclic) bond motifs is 15. The Morgan fingerprint density at radius 1 is 0.505 bits per heavy atom. The van der Waals surface area contributed by atoms with Crippen molar-refractivity contribution in [3.05, 3.63) is 12.3 Å². The molecule has 14 fully saturated rings. The van der Waals surface area contributed by atoms with Crippen molar-refractivity contribution < 1.29 is 47.4 Å². The van der Waals surface area contributed by atoms with Crippen molar-refractivity contribution in [2.75, 3.05) is 59.4 Å². The van der Waals surface area contributed by atoms with Crippen LogP contribution in [-0.2, 0) is 35.1 Å². The monoisotopic (exact) mass is 1260 g/mol. The van der Waals surface area contributed by atoms with Crippen LogP contribution in [0.25, 0.3) is 0 Å². The van der Waals surface area contributed by atoms with Gasteiger partial charge in [0.25, 0.3) is 0 Å². The van der Waals surface area contributed by atoms with Crippen molar-refractivity contribution in [1.82, 2.24) is 35.5 Å². The first-order chi connectivity index (χ1) is 43.6. The lowest BCUT2D eigenvalue weighted by Crippen LogP contribution is -2.54. The molecule has 21 unspecified atom stereocenters. The third-order valence-corrected chi connectivity index (χ3v) is 30.2. The number of Topliss-reactive ketones (excluding diaryl/α,β-unsaturated/α-hetero) is 3. The summed E-state index contributed by atoms with van der Waals surface area (Å²) in [6, 6.07) is 0. The number of carbonyl (C=O) groups is 6. The van der Waals surface area contributed by atoms with Gasteiger partial charge in [-0.15, -0.1) is 10.2 Å². The van der Waals surface area contributed by atoms with Crippen LogP contribution in [0.1, 0.15) is 234 Å². The minimum absolute atomic E-state index is 0.0239. The topological polar surface area (TPSA) is 203 Å². The second kappa shape index (κ2) is 26.1. The number of likely N-dealkylation sites (tertiary alicyclic amines) is 1. The number of rotatable bonds is 8. The molecule has 21 atom stereocenters. The molecule has 12 aliphatic carbocycles. The van der Waals surface area contributed by atoms with Crippen LogP contribution in [0.2, 0.25) is 0 Å². The van der Waals surface area contributed by atoms with Gasteiger partial charge in [-0.3, -0.25) is 14.4 Å². The summed E-state index contributed by atoms with van der Waals surface area (Å²) in [6.07, 6.45) is 32.8. The molecule has 17 nitrogen and oxygen atoms in total. The van der Waals surface area contributed by atoms with E-state index in [0.717, 1.165) is 172 Å². The Bertz CT molecular complexity index is 2800. The molecular weight excluding hydrogens is 1150 g/mol. The molecule has 3 amide bonds. The lowest BCUT2D eigenvalue weighted by atomic mass is 9.45. The van der Waals surface area contributed by atoms with Gasteiger partial charge < -0.3 is 44.0 Å². The fourth-order valence-electron chi connectivity index (χ4n) is 24.6. The molecule has 2 saturated heterocycles. The minimum Gasteiger partial charge on any atom is -0.446 e. The average molecular weight is 1260 g/mol. The third-order valence-electron chi connectivity index (χ3n) is 30.2. The van der Waals surface area contributed by atoms with E-state index in [0.29, 0.717) is 93.4 Å². The maximum Gasteiger partial charge on any atom is 0.410 e. The molecule has 0 spiro atoms. The molecule has 3 heterocycles. The highest BCUT2D eigenvalue weighted by Crippen LogP contribution is 2.69. The van der Waals surface area contributed by atoms with E-state index in [-0.39, 0.29) is 53.3 Å². The second-order valence-corrected chi connectivity index (χ2v) is 34.1. The first kappa shape index (κ1) is 65.5. The maximum absolute atomic E-state index is 12.7. The van der Waals surface area contributed by atoms with E-state index in [9.17, 15) is 28.8 Å². The fraction of sp³-hybridized carbons (Fsp3) is 0.892. The molecule has 1 aromatic rings. The van der Waals surface area contributed by atoms with Crippen molar-refractivity contribution in [2.45, 2.75) is 253 Å². The first-order valence-corrected chi connectivity index (χ1v) is 37.2. The number of aromatic nitrogens is 2. The van der Waals surface area contributed by atoms with Gasteiger partial charge in [0.05, 0.1) is 6.54 Å². The van der Waals surface area contributed by atoms with Gasteiger partial charge in [-0.25, -0.2) is 14.4 Å². The highest BCUT2D eigenvalue weighted by Gasteiger charge is 2.64. The third kappa shape index (κ3) is 12.4. The summed E-state index contributed by atoms with van der Waals surface area (Å²) in [6.45, 7) is 21.9. The number of nitrogens with zero attached hydrogens (tertiary/aromatic N) is 5. The number of likely N-dealkylation sites (N-methyl/N-ethyl adjacent to an activating group) is 1. The van der Waals surface area contributed by atoms with E-state index in [1.807, 2.05) is 4.90 Å². The van der Waals surface area contributed by atoms with Crippen LogP contribution in [-0.4, -0.2) is 138 Å². The molecule has 0 aromatic carbocycles. The maximum atomic E-state index is 12.7. The Kier molecular flexibility index (Phi) is 18.8. The van der Waals surface area contributed by atoms with Gasteiger partial charge in [0.1, 0.15) is 35.7 Å². The standard InChI is InChI=1S/C26H42N2O3.C25H40N2O3.C23H33N3O4/c1-25-11-9-19(31-24(30)27-13-16-28-14-3-4-15-28)17-18(25)5-6-20-21-7-8-23(29)26(21,2)12-10-22(20)25;1-24-10-8-18(30-23(29)27-14-12-26(3)13-15-27)16-17(24)4-5-19-20-6-7-22(28)25(20,2)11-9-21(19)24;1-22-9-7-15(30-21(28)24-12-20-26-25-13-29-20)11-14(22)3-4-16-17-5-6-19(27)23(17,2)10-8-18(16)22/h18-22H,3-17H2,1-2H3,(H,27,30);17-21H,4-16H2,1-3H3;13-18H,3-12H2,1-2H3,(H,24,28). The first-order valence-electron chi connectivity index (χ1n) is 37.2. The summed E-state index contributed by atoms with van der Waals surface area (Å²) in [5, 5.41) is 13.0. The quantitative estimate of drug-likeness (QED) is 0.233. The van der Waals surface area contributed by atoms with Crippen LogP contribution in [0.5, 0.6) is 0 Å². The van der Waals surface area contributed by atoms with Crippen LogP contribution in [0.3, 0.4) is 0 Å². The lowest BCUT2D eigenvalue weighted by Gasteiger charge is -2.60. The molecule has 1 aromatic heterocycles. The van der Waals surface area contributed by atoms with Gasteiger partial charge in [0.15, 0.2) is 0 Å². The van der Waals surface area contributed by atoms with Crippen molar-refractivity contribution >= 4 is 35.6 Å². The lowest BCUT2D eigenvalue weighted by molar-refractivity contribution is -0.143. The molecule has 15 rings (SSSR count). The number of hydrogen-bond donors (Lipinski definition) is 2. The summed E-state index contributed by atoms with van der Waals surface area (Å²) in [4.78, 5) is 81.6. The zero-order valence-corrected chi connectivity index (χ0v) is 56.9. The zero-order valence-electron chi connectivity index (χ0n) is 56.9. The highest BCUT2D eigenvalue weighted by molar-refractivity contribution is 5.88. The number of nitrogens with one attached hydrogen (secondary N) is 2. The van der Waals surface area contributed by atoms with Crippen LogP contribution < -0.4 is 10.6 Å². The van der Waals surface area contributed by atoms with Gasteiger partial charge in [0, 0.05) is 74.8 Å². The fourth-order valence-corrected chi connectivity index (χ4v) is 24.6. The van der Waals surface area contributed by atoms with Crippen molar-refractivity contribution in [2.24, 2.45) is 104 Å². The van der Waals surface area contributed by atoms with E-state index in [2.05, 4.69) is 79.2 Å². The Labute approximate surface area is 544 Å². The summed E-state index contributed by atoms with van der Waals surface area (Å²) in [5.74, 6) is 10.1. The molecule has 91 heavy (non-hydrogen) atoms. The Hall–Kier alpha value is -4.12. The van der Waals surface area contributed by atoms with Gasteiger partial charge >= 0.3 is 18.3 Å². The van der Waals surface area contributed by atoms with Crippen LogP contribution in [0.4, 0.5) is 14.4 Å². The number of carbonyl (C=O) groups excluding carboxylic acids is 6. The number of ketones is 3. The number of hydrogen-bond acceptors (Lipinski definition) is 14. The molecule has 17 heteroatoms. The molecule has 12 saturated carbocycles. The predicted octanol–water partition coefficient (Wildman–Crippen LogP) is 13.4. The van der Waals surface area contributed by atoms with Gasteiger partial charge in [-0.1, -0.05) is 41.5 Å². The van der Waals surface area contributed by atoms with E-state index in [1.54, 1.807) is 0 Å². The Morgan fingerprint density at radius 3 is 1.34 bits per heavy atom. The van der Waals surface area contributed by atoms with E-state index in [1.165, 1.54) is 89.9 Å². The van der Waals surface area contributed by atoms with Gasteiger partial charge in [0.2, 0.25) is 12.3 Å². The summed E-state index contributed by atoms with van der Waals surface area (Å²) in [5.41, 5.74) is 0.934. The molecular formula is C74H115N7O10. The molecule has 0 radical (unpaired) electrons. The summed E-state index contributed by atoms with van der Waals surface area (Å²) >= 11 is 0.